The first-order valence-electron chi connectivity index (χ1n) is 8.58. The summed E-state index contributed by atoms with van der Waals surface area (Å²) >= 11 is 19.1. The van der Waals surface area contributed by atoms with Crippen LogP contribution >= 0.6 is 47.2 Å². The number of benzene rings is 2. The number of nitrogens with zero attached hydrogens (tertiary/aromatic N) is 3. The van der Waals surface area contributed by atoms with Gasteiger partial charge in [0, 0.05) is 10.7 Å². The van der Waals surface area contributed by atoms with Crippen molar-refractivity contribution in [2.45, 2.75) is 24.8 Å². The molecule has 2 aromatic carbocycles. The normalized spacial score (nSPS) is 18.4. The van der Waals surface area contributed by atoms with E-state index in [9.17, 15) is 9.59 Å². The number of aromatic nitrogens is 2. The molecule has 0 radical (unpaired) electrons. The van der Waals surface area contributed by atoms with Gasteiger partial charge in [0.25, 0.3) is 0 Å². The van der Waals surface area contributed by atoms with Crippen LogP contribution in [0.15, 0.2) is 62.6 Å². The fourth-order valence-electron chi connectivity index (χ4n) is 3.32. The van der Waals surface area contributed by atoms with Crippen molar-refractivity contribution in [1.82, 2.24) is 9.31 Å². The third-order valence-corrected chi connectivity index (χ3v) is 6.65. The van der Waals surface area contributed by atoms with Crippen LogP contribution in [0.5, 0.6) is 0 Å². The first-order chi connectivity index (χ1) is 13.7. The van der Waals surface area contributed by atoms with Crippen molar-refractivity contribution in [2.24, 2.45) is 0 Å². The van der Waals surface area contributed by atoms with E-state index in [4.69, 9.17) is 39.9 Å². The maximum atomic E-state index is 13.2. The lowest BCUT2D eigenvalue weighted by Gasteiger charge is -2.30. The molecule has 1 fully saturated rings. The molecule has 1 aliphatic heterocycles. The molecule has 0 spiro atoms. The van der Waals surface area contributed by atoms with Crippen LogP contribution in [-0.2, 0) is 0 Å². The standard InChI is InChI=1S/C19H15Cl2N3O3S2/c1-19(2)15(22(18(28)29-19)12-6-4-3-5-7-12)24-16(25)23(17(26)27-24)14-9-8-11(20)10-13(14)21/h3-10,15H,1-2H3/t15-/m0/s1. The summed E-state index contributed by atoms with van der Waals surface area (Å²) < 4.78 is 7.41. The fraction of sp³-hybridized carbons (Fsp3) is 0.211. The third-order valence-electron chi connectivity index (χ3n) is 4.56. The molecular weight excluding hydrogens is 453 g/mol. The maximum absolute atomic E-state index is 13.2. The van der Waals surface area contributed by atoms with E-state index in [0.717, 1.165) is 15.0 Å². The van der Waals surface area contributed by atoms with Gasteiger partial charge in [-0.05, 0) is 44.2 Å². The lowest BCUT2D eigenvalue weighted by atomic mass is 10.1. The number of rotatable bonds is 3. The van der Waals surface area contributed by atoms with Crippen LogP contribution in [0.1, 0.15) is 20.0 Å². The van der Waals surface area contributed by atoms with Crippen LogP contribution in [0.4, 0.5) is 5.69 Å². The van der Waals surface area contributed by atoms with Crippen LogP contribution in [0.2, 0.25) is 10.0 Å². The molecule has 10 heteroatoms. The topological polar surface area (TPSA) is 60.4 Å². The zero-order chi connectivity index (χ0) is 20.9. The number of hydrogen-bond acceptors (Lipinski definition) is 5. The summed E-state index contributed by atoms with van der Waals surface area (Å²) in [6, 6.07) is 13.9. The molecule has 0 amide bonds. The molecule has 2 heterocycles. The molecule has 1 saturated heterocycles. The van der Waals surface area contributed by atoms with Crippen molar-refractivity contribution in [3.63, 3.8) is 0 Å². The Labute approximate surface area is 185 Å². The Morgan fingerprint density at radius 2 is 1.79 bits per heavy atom. The van der Waals surface area contributed by atoms with Gasteiger partial charge in [-0.1, -0.05) is 65.4 Å². The third kappa shape index (κ3) is 3.44. The molecule has 0 N–H and O–H groups in total. The monoisotopic (exact) mass is 467 g/mol. The predicted octanol–water partition coefficient (Wildman–Crippen LogP) is 4.71. The smallest absolute Gasteiger partial charge is 0.314 e. The zero-order valence-electron chi connectivity index (χ0n) is 15.3. The molecule has 1 aliphatic rings. The van der Waals surface area contributed by atoms with Gasteiger partial charge >= 0.3 is 11.4 Å². The van der Waals surface area contributed by atoms with E-state index >= 15 is 0 Å². The molecule has 150 valence electrons. The minimum absolute atomic E-state index is 0.167. The van der Waals surface area contributed by atoms with E-state index in [-0.39, 0.29) is 10.7 Å². The van der Waals surface area contributed by atoms with Gasteiger partial charge in [-0.25, -0.2) is 9.59 Å². The van der Waals surface area contributed by atoms with Crippen LogP contribution < -0.4 is 16.3 Å². The van der Waals surface area contributed by atoms with Gasteiger partial charge < -0.3 is 9.42 Å². The molecule has 3 aromatic rings. The van der Waals surface area contributed by atoms with E-state index in [1.165, 1.54) is 23.9 Å². The SMILES string of the molecule is CC1(C)SC(=S)N(c2ccccc2)[C@H]1n1oc(=O)n(-c2ccc(Cl)cc2Cl)c1=O. The summed E-state index contributed by atoms with van der Waals surface area (Å²) in [6.07, 6.45) is -0.644. The lowest BCUT2D eigenvalue weighted by molar-refractivity contribution is 0.182. The van der Waals surface area contributed by atoms with E-state index in [2.05, 4.69) is 0 Å². The molecule has 29 heavy (non-hydrogen) atoms. The zero-order valence-corrected chi connectivity index (χ0v) is 18.5. The molecule has 4 rings (SSSR count). The molecular formula is C19H15Cl2N3O3S2. The molecule has 0 bridgehead atoms. The number of hydrogen-bond donors (Lipinski definition) is 0. The summed E-state index contributed by atoms with van der Waals surface area (Å²) in [5.74, 6) is -0.842. The van der Waals surface area contributed by atoms with Crippen molar-refractivity contribution in [2.75, 3.05) is 4.90 Å². The molecule has 1 aromatic heterocycles. The molecule has 0 aliphatic carbocycles. The minimum atomic E-state index is -0.842. The minimum Gasteiger partial charge on any atom is -0.314 e. The van der Waals surface area contributed by atoms with Gasteiger partial charge in [0.15, 0.2) is 6.17 Å². The highest BCUT2D eigenvalue weighted by molar-refractivity contribution is 8.24. The molecule has 0 unspecified atom stereocenters. The summed E-state index contributed by atoms with van der Waals surface area (Å²) in [5.41, 5.74) is 0.349. The average molecular weight is 468 g/mol. The average Bonchev–Trinajstić information content (AvgIpc) is 3.07. The van der Waals surface area contributed by atoms with Crippen LogP contribution in [0, 0.1) is 0 Å². The Morgan fingerprint density at radius 3 is 2.45 bits per heavy atom. The first kappa shape index (κ1) is 20.3. The van der Waals surface area contributed by atoms with Gasteiger partial charge in [-0.2, -0.15) is 4.57 Å². The Hall–Kier alpha value is -2.00. The second-order valence-electron chi connectivity index (χ2n) is 6.95. The Morgan fingerprint density at radius 1 is 1.10 bits per heavy atom. The van der Waals surface area contributed by atoms with Crippen molar-refractivity contribution >= 4 is 57.2 Å². The van der Waals surface area contributed by atoms with Gasteiger partial charge in [0.2, 0.25) is 0 Å². The largest absolute Gasteiger partial charge is 0.447 e. The fourth-order valence-corrected chi connectivity index (χ4v) is 5.72. The summed E-state index contributed by atoms with van der Waals surface area (Å²) in [5, 5.41) is 0.560. The highest BCUT2D eigenvalue weighted by Gasteiger charge is 2.49. The number of thiocarbonyl (C=S) groups is 1. The molecule has 1 atom stereocenters. The summed E-state index contributed by atoms with van der Waals surface area (Å²) in [7, 11) is 0. The molecule has 0 saturated carbocycles. The number of para-hydroxylation sites is 1. The van der Waals surface area contributed by atoms with E-state index in [1.54, 1.807) is 6.07 Å². The van der Waals surface area contributed by atoms with Gasteiger partial charge in [-0.15, -0.1) is 4.74 Å². The summed E-state index contributed by atoms with van der Waals surface area (Å²) in [6.45, 7) is 3.88. The highest BCUT2D eigenvalue weighted by atomic mass is 35.5. The quantitative estimate of drug-likeness (QED) is 0.519. The predicted molar refractivity (Wildman–Crippen MR) is 121 cm³/mol. The number of halogens is 2. The number of anilines is 1. The van der Waals surface area contributed by atoms with E-state index in [1.807, 2.05) is 49.1 Å². The van der Waals surface area contributed by atoms with Crippen LogP contribution in [-0.4, -0.2) is 18.4 Å². The molecule has 6 nitrogen and oxygen atoms in total. The second kappa shape index (κ2) is 7.36. The van der Waals surface area contributed by atoms with E-state index < -0.39 is 22.4 Å². The lowest BCUT2D eigenvalue weighted by Crippen LogP contribution is -2.42. The Kier molecular flexibility index (Phi) is 5.14. The first-order valence-corrected chi connectivity index (χ1v) is 10.6. The van der Waals surface area contributed by atoms with Crippen molar-refractivity contribution < 1.29 is 4.52 Å². The highest BCUT2D eigenvalue weighted by Crippen LogP contribution is 2.48. The van der Waals surface area contributed by atoms with Gasteiger partial charge in [0.05, 0.1) is 15.5 Å². The van der Waals surface area contributed by atoms with Gasteiger partial charge in [0.1, 0.15) is 4.32 Å². The van der Waals surface area contributed by atoms with Crippen molar-refractivity contribution in [3.05, 3.63) is 79.6 Å². The number of thioether (sulfide) groups is 1. The Bertz CT molecular complexity index is 1220. The van der Waals surface area contributed by atoms with E-state index in [0.29, 0.717) is 9.34 Å². The van der Waals surface area contributed by atoms with Gasteiger partial charge in [-0.3, -0.25) is 0 Å². The Balaban J connectivity index is 1.91. The summed E-state index contributed by atoms with van der Waals surface area (Å²) in [4.78, 5) is 27.7. The maximum Gasteiger partial charge on any atom is 0.447 e. The van der Waals surface area contributed by atoms with Crippen LogP contribution in [0.25, 0.3) is 5.69 Å². The van der Waals surface area contributed by atoms with Crippen molar-refractivity contribution in [3.8, 4) is 5.69 Å². The van der Waals surface area contributed by atoms with Crippen molar-refractivity contribution in [1.29, 1.82) is 0 Å². The van der Waals surface area contributed by atoms with Crippen LogP contribution in [0.3, 0.4) is 0 Å². The second-order valence-corrected chi connectivity index (χ2v) is 10.1.